The summed E-state index contributed by atoms with van der Waals surface area (Å²) < 4.78 is 5.34. The van der Waals surface area contributed by atoms with E-state index in [1.54, 1.807) is 12.1 Å². The fraction of sp³-hybridized carbons (Fsp3) is 0.312. The summed E-state index contributed by atoms with van der Waals surface area (Å²) in [7, 11) is 3.98. The molecule has 0 fully saturated rings. The zero-order chi connectivity index (χ0) is 15.2. The van der Waals surface area contributed by atoms with Gasteiger partial charge in [0.1, 0.15) is 5.76 Å². The number of furan rings is 1. The molecular weight excluding hydrogens is 266 g/mol. The van der Waals surface area contributed by atoms with Crippen LogP contribution in [-0.2, 0) is 6.54 Å². The third-order valence-corrected chi connectivity index (χ3v) is 3.35. The van der Waals surface area contributed by atoms with Crippen LogP contribution >= 0.6 is 0 Å². The number of amides is 1. The van der Waals surface area contributed by atoms with E-state index in [4.69, 9.17) is 10.2 Å². The number of nitrogens with two attached hydrogens (primary N) is 1. The van der Waals surface area contributed by atoms with Gasteiger partial charge in [0.2, 0.25) is 0 Å². The number of likely N-dealkylation sites (N-methyl/N-ethyl adjacent to an activating group) is 1. The maximum absolute atomic E-state index is 12.1. The van der Waals surface area contributed by atoms with Crippen LogP contribution in [0.5, 0.6) is 0 Å². The van der Waals surface area contributed by atoms with Gasteiger partial charge in [-0.1, -0.05) is 30.3 Å². The van der Waals surface area contributed by atoms with Gasteiger partial charge in [-0.25, -0.2) is 0 Å². The second-order valence-corrected chi connectivity index (χ2v) is 5.07. The summed E-state index contributed by atoms with van der Waals surface area (Å²) in [5.74, 6) is 0.672. The molecule has 0 radical (unpaired) electrons. The number of hydrogen-bond donors (Lipinski definition) is 2. The van der Waals surface area contributed by atoms with Gasteiger partial charge in [-0.3, -0.25) is 4.79 Å². The van der Waals surface area contributed by atoms with Crippen molar-refractivity contribution in [3.63, 3.8) is 0 Å². The zero-order valence-electron chi connectivity index (χ0n) is 12.4. The minimum Gasteiger partial charge on any atom is -0.455 e. The van der Waals surface area contributed by atoms with Crippen molar-refractivity contribution in [3.8, 4) is 0 Å². The molecule has 3 N–H and O–H groups in total. The molecular formula is C16H21N3O2. The van der Waals surface area contributed by atoms with Crippen LogP contribution in [0, 0.1) is 0 Å². The van der Waals surface area contributed by atoms with Gasteiger partial charge in [0.25, 0.3) is 5.91 Å². The Bertz CT molecular complexity index is 578. The van der Waals surface area contributed by atoms with E-state index in [-0.39, 0.29) is 18.5 Å². The number of carbonyl (C=O) groups is 1. The molecule has 112 valence electrons. The Morgan fingerprint density at radius 3 is 2.52 bits per heavy atom. The van der Waals surface area contributed by atoms with Gasteiger partial charge in [0.05, 0.1) is 12.6 Å². The summed E-state index contributed by atoms with van der Waals surface area (Å²) in [6.07, 6.45) is 0. The number of hydrogen-bond acceptors (Lipinski definition) is 4. The van der Waals surface area contributed by atoms with E-state index in [0.29, 0.717) is 18.1 Å². The minimum absolute atomic E-state index is 0.110. The van der Waals surface area contributed by atoms with Crippen LogP contribution in [0.25, 0.3) is 0 Å². The smallest absolute Gasteiger partial charge is 0.287 e. The maximum Gasteiger partial charge on any atom is 0.287 e. The topological polar surface area (TPSA) is 71.5 Å². The Kier molecular flexibility index (Phi) is 5.14. The lowest BCUT2D eigenvalue weighted by Gasteiger charge is -2.24. The van der Waals surface area contributed by atoms with E-state index in [1.165, 1.54) is 0 Å². The second kappa shape index (κ2) is 7.06. The first kappa shape index (κ1) is 15.3. The third kappa shape index (κ3) is 3.93. The fourth-order valence-corrected chi connectivity index (χ4v) is 2.16. The molecule has 1 aromatic heterocycles. The molecule has 1 aromatic carbocycles. The molecule has 5 nitrogen and oxygen atoms in total. The maximum atomic E-state index is 12.1. The molecule has 5 heteroatoms. The van der Waals surface area contributed by atoms with Gasteiger partial charge in [-0.2, -0.15) is 0 Å². The van der Waals surface area contributed by atoms with Gasteiger partial charge in [-0.05, 0) is 31.8 Å². The number of nitrogens with zero attached hydrogens (tertiary/aromatic N) is 1. The lowest BCUT2D eigenvalue weighted by Crippen LogP contribution is -2.34. The Morgan fingerprint density at radius 2 is 1.95 bits per heavy atom. The van der Waals surface area contributed by atoms with E-state index in [0.717, 1.165) is 5.56 Å². The first-order valence-corrected chi connectivity index (χ1v) is 6.90. The molecule has 0 aliphatic heterocycles. The summed E-state index contributed by atoms with van der Waals surface area (Å²) in [5, 5.41) is 2.90. The summed E-state index contributed by atoms with van der Waals surface area (Å²) >= 11 is 0. The normalized spacial score (nSPS) is 12.4. The molecule has 0 aliphatic carbocycles. The van der Waals surface area contributed by atoms with Gasteiger partial charge >= 0.3 is 0 Å². The van der Waals surface area contributed by atoms with E-state index in [9.17, 15) is 4.79 Å². The molecule has 2 aromatic rings. The Balaban J connectivity index is 2.00. The number of rotatable bonds is 6. The summed E-state index contributed by atoms with van der Waals surface area (Å²) in [6.45, 7) is 0.798. The highest BCUT2D eigenvalue weighted by Gasteiger charge is 2.17. The molecule has 1 heterocycles. The predicted octanol–water partition coefficient (Wildman–Crippen LogP) is 1.77. The van der Waals surface area contributed by atoms with Crippen molar-refractivity contribution in [3.05, 3.63) is 59.5 Å². The van der Waals surface area contributed by atoms with Crippen molar-refractivity contribution in [1.29, 1.82) is 0 Å². The lowest BCUT2D eigenvalue weighted by molar-refractivity contribution is 0.0912. The molecule has 21 heavy (non-hydrogen) atoms. The number of nitrogens with one attached hydrogen (secondary N) is 1. The van der Waals surface area contributed by atoms with Crippen LogP contribution in [0.1, 0.15) is 27.9 Å². The van der Waals surface area contributed by atoms with Crippen molar-refractivity contribution in [2.75, 3.05) is 20.6 Å². The molecule has 0 aliphatic rings. The fourth-order valence-electron chi connectivity index (χ4n) is 2.16. The van der Waals surface area contributed by atoms with Gasteiger partial charge in [0.15, 0.2) is 5.76 Å². The molecule has 0 saturated carbocycles. The summed E-state index contributed by atoms with van der Waals surface area (Å²) in [4.78, 5) is 14.1. The van der Waals surface area contributed by atoms with E-state index in [2.05, 4.69) is 22.3 Å². The lowest BCUT2D eigenvalue weighted by atomic mass is 10.1. The average Bonchev–Trinajstić information content (AvgIpc) is 2.97. The molecule has 0 saturated heterocycles. The SMILES string of the molecule is CN(C)C(CNC(=O)c1ccc(CN)o1)c1ccccc1. The van der Waals surface area contributed by atoms with Crippen LogP contribution in [0.2, 0.25) is 0 Å². The zero-order valence-corrected chi connectivity index (χ0v) is 12.4. The van der Waals surface area contributed by atoms with Crippen LogP contribution < -0.4 is 11.1 Å². The van der Waals surface area contributed by atoms with Crippen LogP contribution in [0.15, 0.2) is 46.9 Å². The van der Waals surface area contributed by atoms with Crippen molar-refractivity contribution in [2.24, 2.45) is 5.73 Å². The van der Waals surface area contributed by atoms with Gasteiger partial charge < -0.3 is 20.4 Å². The van der Waals surface area contributed by atoms with Crippen LogP contribution in [0.3, 0.4) is 0 Å². The van der Waals surface area contributed by atoms with Crippen molar-refractivity contribution >= 4 is 5.91 Å². The molecule has 0 spiro atoms. The molecule has 1 atom stereocenters. The summed E-state index contributed by atoms with van der Waals surface area (Å²) in [6, 6.07) is 13.5. The van der Waals surface area contributed by atoms with Gasteiger partial charge in [-0.15, -0.1) is 0 Å². The monoisotopic (exact) mass is 287 g/mol. The first-order chi connectivity index (χ1) is 10.1. The van der Waals surface area contributed by atoms with Crippen molar-refractivity contribution in [2.45, 2.75) is 12.6 Å². The third-order valence-electron chi connectivity index (χ3n) is 3.35. The standard InChI is InChI=1S/C16H21N3O2/c1-19(2)14(12-6-4-3-5-7-12)11-18-16(20)15-9-8-13(10-17)21-15/h3-9,14H,10-11,17H2,1-2H3,(H,18,20). The quantitative estimate of drug-likeness (QED) is 0.849. The minimum atomic E-state index is -0.225. The predicted molar refractivity (Wildman–Crippen MR) is 81.8 cm³/mol. The van der Waals surface area contributed by atoms with E-state index < -0.39 is 0 Å². The Morgan fingerprint density at radius 1 is 1.24 bits per heavy atom. The number of carbonyl (C=O) groups excluding carboxylic acids is 1. The van der Waals surface area contributed by atoms with E-state index in [1.807, 2.05) is 32.3 Å². The van der Waals surface area contributed by atoms with Crippen molar-refractivity contribution < 1.29 is 9.21 Å². The largest absolute Gasteiger partial charge is 0.455 e. The Hall–Kier alpha value is -2.11. The first-order valence-electron chi connectivity index (χ1n) is 6.90. The highest BCUT2D eigenvalue weighted by atomic mass is 16.4. The van der Waals surface area contributed by atoms with Crippen molar-refractivity contribution in [1.82, 2.24) is 10.2 Å². The van der Waals surface area contributed by atoms with Crippen LogP contribution in [0.4, 0.5) is 0 Å². The molecule has 0 bridgehead atoms. The van der Waals surface area contributed by atoms with E-state index >= 15 is 0 Å². The van der Waals surface area contributed by atoms with Gasteiger partial charge in [0, 0.05) is 6.54 Å². The second-order valence-electron chi connectivity index (χ2n) is 5.07. The highest BCUT2D eigenvalue weighted by molar-refractivity contribution is 5.91. The Labute approximate surface area is 124 Å². The molecule has 1 amide bonds. The van der Waals surface area contributed by atoms with Crippen LogP contribution in [-0.4, -0.2) is 31.4 Å². The summed E-state index contributed by atoms with van der Waals surface area (Å²) in [5.41, 5.74) is 6.63. The highest BCUT2D eigenvalue weighted by Crippen LogP contribution is 2.17. The average molecular weight is 287 g/mol. The molecule has 2 rings (SSSR count). The number of benzene rings is 1. The molecule has 1 unspecified atom stereocenters.